The lowest BCUT2D eigenvalue weighted by Gasteiger charge is -2.54. The minimum Gasteiger partial charge on any atom is -0.393 e. The average molecular weight is 437 g/mol. The van der Waals surface area contributed by atoms with Crippen molar-refractivity contribution in [2.45, 2.75) is 140 Å². The van der Waals surface area contributed by atoms with E-state index in [0.717, 1.165) is 115 Å². The zero-order valence-corrected chi connectivity index (χ0v) is 19.6. The Morgan fingerprint density at radius 2 is 0.645 bits per heavy atom. The fourth-order valence-electron chi connectivity index (χ4n) is 8.16. The van der Waals surface area contributed by atoms with Crippen LogP contribution in [-0.2, 0) is 0 Å². The standard InChI is InChI=1S/C27H48O4/c28-23-9-1-19(2-10-23)17-27(21-5-13-25(30)14-6-21,22-7-15-26(31)16-8-22)18-20-3-11-24(29)12-4-20/h19-26,28-31H,1-18H2. The molecule has 0 unspecified atom stereocenters. The molecular weight excluding hydrogens is 388 g/mol. The molecule has 4 saturated carbocycles. The molecule has 0 atom stereocenters. The van der Waals surface area contributed by atoms with Gasteiger partial charge in [0.05, 0.1) is 24.4 Å². The van der Waals surface area contributed by atoms with E-state index >= 15 is 0 Å². The molecule has 31 heavy (non-hydrogen) atoms. The van der Waals surface area contributed by atoms with Gasteiger partial charge in [0.25, 0.3) is 0 Å². The Hall–Kier alpha value is -0.160. The molecule has 4 N–H and O–H groups in total. The van der Waals surface area contributed by atoms with Gasteiger partial charge in [-0.2, -0.15) is 0 Å². The first-order valence-corrected chi connectivity index (χ1v) is 13.7. The molecule has 4 aliphatic carbocycles. The second kappa shape index (κ2) is 10.8. The summed E-state index contributed by atoms with van der Waals surface area (Å²) in [5.74, 6) is 2.82. The third-order valence-corrected chi connectivity index (χ3v) is 9.99. The predicted octanol–water partition coefficient (Wildman–Crippen LogP) is 4.96. The van der Waals surface area contributed by atoms with Crippen LogP contribution < -0.4 is 0 Å². The lowest BCUT2D eigenvalue weighted by Crippen LogP contribution is -2.46. The van der Waals surface area contributed by atoms with Crippen LogP contribution in [0.2, 0.25) is 0 Å². The van der Waals surface area contributed by atoms with E-state index in [9.17, 15) is 20.4 Å². The van der Waals surface area contributed by atoms with Crippen LogP contribution in [0.5, 0.6) is 0 Å². The highest BCUT2D eigenvalue weighted by Crippen LogP contribution is 2.57. The molecule has 0 aromatic heterocycles. The lowest BCUT2D eigenvalue weighted by molar-refractivity contribution is -0.0627. The summed E-state index contributed by atoms with van der Waals surface area (Å²) in [4.78, 5) is 0. The number of hydrogen-bond acceptors (Lipinski definition) is 4. The van der Waals surface area contributed by atoms with Crippen molar-refractivity contribution in [3.8, 4) is 0 Å². The van der Waals surface area contributed by atoms with Crippen LogP contribution in [0.15, 0.2) is 0 Å². The summed E-state index contributed by atoms with van der Waals surface area (Å²) in [5, 5.41) is 40.7. The molecule has 4 heteroatoms. The summed E-state index contributed by atoms with van der Waals surface area (Å²) in [6, 6.07) is 0. The molecule has 0 aliphatic heterocycles. The maximum absolute atomic E-state index is 10.3. The summed E-state index contributed by atoms with van der Waals surface area (Å²) < 4.78 is 0. The zero-order chi connectivity index (χ0) is 21.8. The second-order valence-corrected chi connectivity index (χ2v) is 12.0. The van der Waals surface area contributed by atoms with Gasteiger partial charge in [0.15, 0.2) is 0 Å². The van der Waals surface area contributed by atoms with E-state index in [-0.39, 0.29) is 24.4 Å². The normalized spacial score (nSPS) is 44.5. The van der Waals surface area contributed by atoms with Crippen molar-refractivity contribution in [3.05, 3.63) is 0 Å². The molecule has 4 rings (SSSR count). The average Bonchev–Trinajstić information content (AvgIpc) is 2.77. The largest absolute Gasteiger partial charge is 0.393 e. The van der Waals surface area contributed by atoms with Gasteiger partial charge in [0.1, 0.15) is 0 Å². The smallest absolute Gasteiger partial charge is 0.0540 e. The number of aliphatic hydroxyl groups excluding tert-OH is 4. The highest BCUT2D eigenvalue weighted by molar-refractivity contribution is 4.99. The molecule has 180 valence electrons. The van der Waals surface area contributed by atoms with E-state index in [1.807, 2.05) is 0 Å². The lowest BCUT2D eigenvalue weighted by atomic mass is 9.51. The fraction of sp³-hybridized carbons (Fsp3) is 1.00. The monoisotopic (exact) mass is 436 g/mol. The van der Waals surface area contributed by atoms with Gasteiger partial charge in [-0.15, -0.1) is 0 Å². The number of hydrogen-bond donors (Lipinski definition) is 4. The van der Waals surface area contributed by atoms with Crippen molar-refractivity contribution >= 4 is 0 Å². The molecule has 4 aliphatic rings. The van der Waals surface area contributed by atoms with Crippen molar-refractivity contribution in [2.75, 3.05) is 0 Å². The third kappa shape index (κ3) is 6.05. The fourth-order valence-corrected chi connectivity index (χ4v) is 8.16. The summed E-state index contributed by atoms with van der Waals surface area (Å²) in [6.45, 7) is 0. The molecule has 0 spiro atoms. The minimum absolute atomic E-state index is 0.0971. The molecule has 0 aromatic carbocycles. The van der Waals surface area contributed by atoms with Gasteiger partial charge in [-0.3, -0.25) is 0 Å². The molecule has 0 bridgehead atoms. The Bertz CT molecular complexity index is 471. The van der Waals surface area contributed by atoms with Gasteiger partial charge >= 0.3 is 0 Å². The molecule has 4 fully saturated rings. The van der Waals surface area contributed by atoms with Gasteiger partial charge in [0.2, 0.25) is 0 Å². The van der Waals surface area contributed by atoms with Crippen LogP contribution >= 0.6 is 0 Å². The first kappa shape index (κ1) is 24.0. The predicted molar refractivity (Wildman–Crippen MR) is 124 cm³/mol. The Balaban J connectivity index is 1.58. The van der Waals surface area contributed by atoms with Crippen LogP contribution in [0, 0.1) is 29.1 Å². The summed E-state index contributed by atoms with van der Waals surface area (Å²) in [6.07, 6.45) is 19.1. The molecule has 0 radical (unpaired) electrons. The van der Waals surface area contributed by atoms with E-state index in [2.05, 4.69) is 0 Å². The summed E-state index contributed by atoms with van der Waals surface area (Å²) >= 11 is 0. The molecule has 0 aromatic rings. The van der Waals surface area contributed by atoms with Crippen LogP contribution in [0.3, 0.4) is 0 Å². The molecular formula is C27H48O4. The van der Waals surface area contributed by atoms with E-state index in [4.69, 9.17) is 0 Å². The second-order valence-electron chi connectivity index (χ2n) is 12.0. The third-order valence-electron chi connectivity index (χ3n) is 9.99. The molecule has 0 amide bonds. The van der Waals surface area contributed by atoms with Gasteiger partial charge in [-0.25, -0.2) is 0 Å². The Kier molecular flexibility index (Phi) is 8.39. The molecule has 0 heterocycles. The topological polar surface area (TPSA) is 80.9 Å². The molecule has 0 saturated heterocycles. The van der Waals surface area contributed by atoms with Crippen molar-refractivity contribution in [1.82, 2.24) is 0 Å². The van der Waals surface area contributed by atoms with Gasteiger partial charge in [0, 0.05) is 0 Å². The van der Waals surface area contributed by atoms with Crippen molar-refractivity contribution < 1.29 is 20.4 Å². The van der Waals surface area contributed by atoms with E-state index < -0.39 is 0 Å². The number of rotatable bonds is 6. The first-order chi connectivity index (χ1) is 14.9. The van der Waals surface area contributed by atoms with Crippen molar-refractivity contribution in [3.63, 3.8) is 0 Å². The Labute approximate surface area is 189 Å². The van der Waals surface area contributed by atoms with E-state index in [1.165, 1.54) is 12.8 Å². The van der Waals surface area contributed by atoms with Crippen LogP contribution in [0.25, 0.3) is 0 Å². The van der Waals surface area contributed by atoms with Crippen LogP contribution in [0.4, 0.5) is 0 Å². The van der Waals surface area contributed by atoms with Gasteiger partial charge < -0.3 is 20.4 Å². The van der Waals surface area contributed by atoms with Crippen LogP contribution in [0.1, 0.15) is 116 Å². The highest BCUT2D eigenvalue weighted by atomic mass is 16.3. The maximum atomic E-state index is 10.3. The molecule has 4 nitrogen and oxygen atoms in total. The van der Waals surface area contributed by atoms with Crippen molar-refractivity contribution in [1.29, 1.82) is 0 Å². The SMILES string of the molecule is OC1CCC(CC(CC2CCC(O)CC2)(C2CCC(O)CC2)C2CCC(O)CC2)CC1. The van der Waals surface area contributed by atoms with Crippen molar-refractivity contribution in [2.24, 2.45) is 29.1 Å². The van der Waals surface area contributed by atoms with Gasteiger partial charge in [-0.05, 0) is 145 Å². The maximum Gasteiger partial charge on any atom is 0.0540 e. The van der Waals surface area contributed by atoms with E-state index in [1.54, 1.807) is 0 Å². The van der Waals surface area contributed by atoms with E-state index in [0.29, 0.717) is 17.3 Å². The summed E-state index contributed by atoms with van der Waals surface area (Å²) in [7, 11) is 0. The Morgan fingerprint density at radius 1 is 0.387 bits per heavy atom. The number of aliphatic hydroxyl groups is 4. The quantitative estimate of drug-likeness (QED) is 0.474. The minimum atomic E-state index is -0.114. The van der Waals surface area contributed by atoms with Gasteiger partial charge in [-0.1, -0.05) is 0 Å². The first-order valence-electron chi connectivity index (χ1n) is 13.7. The van der Waals surface area contributed by atoms with Crippen LogP contribution in [-0.4, -0.2) is 44.8 Å². The Morgan fingerprint density at radius 3 is 0.935 bits per heavy atom. The highest BCUT2D eigenvalue weighted by Gasteiger charge is 2.49. The summed E-state index contributed by atoms with van der Waals surface area (Å²) in [5.41, 5.74) is 0.320. The zero-order valence-electron chi connectivity index (χ0n) is 19.6.